The Balaban J connectivity index is 2.99. The molecular weight excluding hydrogens is 198 g/mol. The predicted molar refractivity (Wildman–Crippen MR) is 61.5 cm³/mol. The first-order valence-electron chi connectivity index (χ1n) is 4.62. The van der Waals surface area contributed by atoms with Gasteiger partial charge in [-0.1, -0.05) is 11.6 Å². The van der Waals surface area contributed by atoms with E-state index in [4.69, 9.17) is 16.3 Å². The van der Waals surface area contributed by atoms with E-state index in [-0.39, 0.29) is 0 Å². The van der Waals surface area contributed by atoms with Crippen LogP contribution in [-0.4, -0.2) is 20.2 Å². The minimum atomic E-state index is 0.431. The first kappa shape index (κ1) is 11.2. The molecule has 0 saturated heterocycles. The third-order valence-electron chi connectivity index (χ3n) is 2.31. The summed E-state index contributed by atoms with van der Waals surface area (Å²) in [6, 6.07) is 6.15. The maximum absolute atomic E-state index is 6.13. The van der Waals surface area contributed by atoms with E-state index in [0.29, 0.717) is 6.04 Å². The molecule has 0 radical (unpaired) electrons. The molecule has 14 heavy (non-hydrogen) atoms. The number of ether oxygens (including phenoxy) is 1. The molecule has 2 nitrogen and oxygen atoms in total. The summed E-state index contributed by atoms with van der Waals surface area (Å²) in [5.74, 6) is 0.788. The predicted octanol–water partition coefficient (Wildman–Crippen LogP) is 3.19. The Hall–Kier alpha value is -0.890. The molecule has 0 N–H and O–H groups in total. The van der Waals surface area contributed by atoms with Crippen molar-refractivity contribution in [2.45, 2.75) is 19.9 Å². The lowest BCUT2D eigenvalue weighted by molar-refractivity contribution is 0.415. The van der Waals surface area contributed by atoms with E-state index in [9.17, 15) is 0 Å². The molecule has 0 atom stereocenters. The highest BCUT2D eigenvalue weighted by Gasteiger charge is 2.09. The van der Waals surface area contributed by atoms with Crippen molar-refractivity contribution in [3.8, 4) is 5.75 Å². The molecular formula is C11H16ClNO. The summed E-state index contributed by atoms with van der Waals surface area (Å²) < 4.78 is 5.09. The maximum atomic E-state index is 6.13. The zero-order valence-electron chi connectivity index (χ0n) is 9.04. The van der Waals surface area contributed by atoms with E-state index in [1.54, 1.807) is 7.11 Å². The summed E-state index contributed by atoms with van der Waals surface area (Å²) in [4.78, 5) is 2.13. The van der Waals surface area contributed by atoms with Crippen LogP contribution in [0.15, 0.2) is 18.2 Å². The van der Waals surface area contributed by atoms with E-state index in [2.05, 4.69) is 18.7 Å². The summed E-state index contributed by atoms with van der Waals surface area (Å²) in [7, 11) is 3.66. The molecule has 0 unspecified atom stereocenters. The highest BCUT2D eigenvalue weighted by Crippen LogP contribution is 2.29. The van der Waals surface area contributed by atoms with Gasteiger partial charge in [0.1, 0.15) is 5.75 Å². The van der Waals surface area contributed by atoms with Crippen molar-refractivity contribution in [3.63, 3.8) is 0 Å². The first-order chi connectivity index (χ1) is 6.56. The second-order valence-electron chi connectivity index (χ2n) is 3.52. The van der Waals surface area contributed by atoms with E-state index in [0.717, 1.165) is 16.5 Å². The van der Waals surface area contributed by atoms with Gasteiger partial charge in [-0.05, 0) is 26.0 Å². The fraction of sp³-hybridized carbons (Fsp3) is 0.455. The van der Waals surface area contributed by atoms with Crippen molar-refractivity contribution >= 4 is 17.3 Å². The largest absolute Gasteiger partial charge is 0.497 e. The topological polar surface area (TPSA) is 12.5 Å². The van der Waals surface area contributed by atoms with Crippen LogP contribution < -0.4 is 9.64 Å². The molecule has 1 aromatic rings. The third kappa shape index (κ3) is 2.32. The van der Waals surface area contributed by atoms with Crippen LogP contribution in [0.2, 0.25) is 5.02 Å². The number of nitrogens with zero attached hydrogens (tertiary/aromatic N) is 1. The summed E-state index contributed by atoms with van der Waals surface area (Å²) in [5.41, 5.74) is 1.03. The summed E-state index contributed by atoms with van der Waals surface area (Å²) in [6.07, 6.45) is 0. The highest BCUT2D eigenvalue weighted by atomic mass is 35.5. The number of hydrogen-bond acceptors (Lipinski definition) is 2. The Morgan fingerprint density at radius 2 is 2.00 bits per heavy atom. The van der Waals surface area contributed by atoms with Crippen molar-refractivity contribution in [1.82, 2.24) is 0 Å². The molecule has 0 fully saturated rings. The zero-order chi connectivity index (χ0) is 10.7. The van der Waals surface area contributed by atoms with Gasteiger partial charge in [-0.25, -0.2) is 0 Å². The molecule has 0 bridgehead atoms. The van der Waals surface area contributed by atoms with Gasteiger partial charge in [0, 0.05) is 19.2 Å². The van der Waals surface area contributed by atoms with Crippen molar-refractivity contribution in [2.75, 3.05) is 19.1 Å². The minimum Gasteiger partial charge on any atom is -0.497 e. The van der Waals surface area contributed by atoms with Gasteiger partial charge in [-0.15, -0.1) is 0 Å². The van der Waals surface area contributed by atoms with Crippen molar-refractivity contribution < 1.29 is 4.74 Å². The lowest BCUT2D eigenvalue weighted by atomic mass is 10.2. The number of hydrogen-bond donors (Lipinski definition) is 0. The molecule has 3 heteroatoms. The van der Waals surface area contributed by atoms with Gasteiger partial charge < -0.3 is 9.64 Å². The molecule has 0 aromatic heterocycles. The number of anilines is 1. The second kappa shape index (κ2) is 4.56. The van der Waals surface area contributed by atoms with Gasteiger partial charge in [0.2, 0.25) is 0 Å². The minimum absolute atomic E-state index is 0.431. The highest BCUT2D eigenvalue weighted by molar-refractivity contribution is 6.33. The van der Waals surface area contributed by atoms with Gasteiger partial charge in [0.25, 0.3) is 0 Å². The van der Waals surface area contributed by atoms with Crippen molar-refractivity contribution in [1.29, 1.82) is 0 Å². The standard InChI is InChI=1S/C11H16ClNO/c1-8(2)13(3)11-6-5-9(14-4)7-10(11)12/h5-8H,1-4H3. The molecule has 1 aromatic carbocycles. The summed E-state index contributed by atoms with van der Waals surface area (Å²) in [6.45, 7) is 4.25. The Morgan fingerprint density at radius 1 is 1.36 bits per heavy atom. The molecule has 0 aliphatic rings. The fourth-order valence-electron chi connectivity index (χ4n) is 1.18. The summed E-state index contributed by atoms with van der Waals surface area (Å²) in [5, 5.41) is 0.723. The van der Waals surface area contributed by atoms with Gasteiger partial charge in [-0.2, -0.15) is 0 Å². The second-order valence-corrected chi connectivity index (χ2v) is 3.93. The lowest BCUT2D eigenvalue weighted by Crippen LogP contribution is -2.25. The van der Waals surface area contributed by atoms with Gasteiger partial charge in [-0.3, -0.25) is 0 Å². The fourth-order valence-corrected chi connectivity index (χ4v) is 1.48. The van der Waals surface area contributed by atoms with Gasteiger partial charge >= 0.3 is 0 Å². The number of halogens is 1. The normalized spacial score (nSPS) is 10.4. The molecule has 1 rings (SSSR count). The lowest BCUT2D eigenvalue weighted by Gasteiger charge is -2.24. The smallest absolute Gasteiger partial charge is 0.120 e. The van der Waals surface area contributed by atoms with Crippen LogP contribution in [-0.2, 0) is 0 Å². The maximum Gasteiger partial charge on any atom is 0.120 e. The van der Waals surface area contributed by atoms with Gasteiger partial charge in [0.05, 0.1) is 17.8 Å². The van der Waals surface area contributed by atoms with Gasteiger partial charge in [0.15, 0.2) is 0 Å². The zero-order valence-corrected chi connectivity index (χ0v) is 9.80. The van der Waals surface area contributed by atoms with Crippen LogP contribution in [0.1, 0.15) is 13.8 Å². The van der Waals surface area contributed by atoms with Crippen LogP contribution in [0.3, 0.4) is 0 Å². The van der Waals surface area contributed by atoms with Crippen LogP contribution in [0.25, 0.3) is 0 Å². The monoisotopic (exact) mass is 213 g/mol. The number of rotatable bonds is 3. The number of benzene rings is 1. The molecule has 78 valence electrons. The average molecular weight is 214 g/mol. The third-order valence-corrected chi connectivity index (χ3v) is 2.61. The van der Waals surface area contributed by atoms with E-state index < -0.39 is 0 Å². The molecule has 0 aliphatic carbocycles. The summed E-state index contributed by atoms with van der Waals surface area (Å²) >= 11 is 6.13. The van der Waals surface area contributed by atoms with E-state index in [1.807, 2.05) is 25.2 Å². The van der Waals surface area contributed by atoms with Crippen molar-refractivity contribution in [3.05, 3.63) is 23.2 Å². The molecule has 0 spiro atoms. The number of methoxy groups -OCH3 is 1. The molecule has 0 saturated carbocycles. The Kier molecular flexibility index (Phi) is 3.64. The molecule has 0 amide bonds. The van der Waals surface area contributed by atoms with E-state index in [1.165, 1.54) is 0 Å². The quantitative estimate of drug-likeness (QED) is 0.765. The Morgan fingerprint density at radius 3 is 2.43 bits per heavy atom. The Bertz CT molecular complexity index is 312. The van der Waals surface area contributed by atoms with Crippen LogP contribution in [0.4, 0.5) is 5.69 Å². The Labute approximate surface area is 90.4 Å². The molecule has 0 aliphatic heterocycles. The van der Waals surface area contributed by atoms with E-state index >= 15 is 0 Å². The van der Waals surface area contributed by atoms with Crippen LogP contribution in [0.5, 0.6) is 5.75 Å². The molecule has 0 heterocycles. The first-order valence-corrected chi connectivity index (χ1v) is 5.00. The van der Waals surface area contributed by atoms with Crippen molar-refractivity contribution in [2.24, 2.45) is 0 Å². The van der Waals surface area contributed by atoms with Crippen LogP contribution >= 0.6 is 11.6 Å². The van der Waals surface area contributed by atoms with Crippen LogP contribution in [0, 0.1) is 0 Å². The SMILES string of the molecule is COc1ccc(N(C)C(C)C)c(Cl)c1. The average Bonchev–Trinajstić information content (AvgIpc) is 2.16.